The Hall–Kier alpha value is -0.940. The van der Waals surface area contributed by atoms with Crippen LogP contribution in [0.2, 0.25) is 0 Å². The Morgan fingerprint density at radius 2 is 2.47 bits per heavy atom. The zero-order valence-corrected chi connectivity index (χ0v) is 8.98. The lowest BCUT2D eigenvalue weighted by Gasteiger charge is -2.04. The summed E-state index contributed by atoms with van der Waals surface area (Å²) in [7, 11) is 0. The van der Waals surface area contributed by atoms with E-state index in [4.69, 9.17) is 15.0 Å². The zero-order chi connectivity index (χ0) is 10.7. The fourth-order valence-electron chi connectivity index (χ4n) is 1.68. The molecule has 5 heteroatoms. The number of aromatic nitrogens is 2. The van der Waals surface area contributed by atoms with Gasteiger partial charge in [0.25, 0.3) is 0 Å². The fraction of sp³-hybridized carbons (Fsp3) is 0.800. The monoisotopic (exact) mass is 211 g/mol. The first-order chi connectivity index (χ1) is 7.29. The predicted octanol–water partition coefficient (Wildman–Crippen LogP) is 1.20. The molecule has 0 aromatic carbocycles. The number of hydrogen-bond acceptors (Lipinski definition) is 5. The lowest BCUT2D eigenvalue weighted by atomic mass is 10.2. The van der Waals surface area contributed by atoms with Crippen LogP contribution in [0, 0.1) is 0 Å². The minimum absolute atomic E-state index is 0.143. The van der Waals surface area contributed by atoms with E-state index in [9.17, 15) is 0 Å². The molecule has 0 radical (unpaired) electrons. The summed E-state index contributed by atoms with van der Waals surface area (Å²) in [6, 6.07) is -0.143. The maximum atomic E-state index is 5.79. The molecular formula is C10H17N3O2. The van der Waals surface area contributed by atoms with Crippen molar-refractivity contribution in [1.82, 2.24) is 10.1 Å². The van der Waals surface area contributed by atoms with E-state index in [1.165, 1.54) is 0 Å². The third-order valence-corrected chi connectivity index (χ3v) is 2.68. The molecule has 1 aliphatic rings. The summed E-state index contributed by atoms with van der Waals surface area (Å²) in [6.07, 6.45) is 4.02. The van der Waals surface area contributed by atoms with E-state index in [0.29, 0.717) is 11.7 Å². The Kier molecular flexibility index (Phi) is 3.33. The van der Waals surface area contributed by atoms with Gasteiger partial charge in [-0.2, -0.15) is 4.98 Å². The van der Waals surface area contributed by atoms with Crippen LogP contribution in [0.15, 0.2) is 4.52 Å². The highest BCUT2D eigenvalue weighted by Gasteiger charge is 2.20. The van der Waals surface area contributed by atoms with E-state index in [1.807, 2.05) is 6.92 Å². The van der Waals surface area contributed by atoms with Crippen molar-refractivity contribution in [3.05, 3.63) is 11.7 Å². The standard InChI is InChI=1S/C10H17N3O2/c1-2-8(11)10-12-9(13-15-10)6-7-4-3-5-14-7/h7-8H,2-6,11H2,1H3/t7?,8-/m1/s1. The van der Waals surface area contributed by atoms with Crippen molar-refractivity contribution in [2.75, 3.05) is 6.61 Å². The van der Waals surface area contributed by atoms with Crippen LogP contribution in [0.3, 0.4) is 0 Å². The summed E-state index contributed by atoms with van der Waals surface area (Å²) in [5.74, 6) is 1.24. The molecule has 1 unspecified atom stereocenters. The Balaban J connectivity index is 1.94. The Morgan fingerprint density at radius 3 is 3.13 bits per heavy atom. The zero-order valence-electron chi connectivity index (χ0n) is 8.98. The number of nitrogens with two attached hydrogens (primary N) is 1. The number of hydrogen-bond donors (Lipinski definition) is 1. The predicted molar refractivity (Wildman–Crippen MR) is 54.2 cm³/mol. The van der Waals surface area contributed by atoms with Gasteiger partial charge in [0.15, 0.2) is 5.82 Å². The highest BCUT2D eigenvalue weighted by molar-refractivity contribution is 4.93. The summed E-state index contributed by atoms with van der Waals surface area (Å²) in [6.45, 7) is 2.85. The smallest absolute Gasteiger partial charge is 0.243 e. The highest BCUT2D eigenvalue weighted by Crippen LogP contribution is 2.17. The van der Waals surface area contributed by atoms with Gasteiger partial charge in [0.1, 0.15) is 0 Å². The van der Waals surface area contributed by atoms with Crippen molar-refractivity contribution in [2.24, 2.45) is 5.73 Å². The van der Waals surface area contributed by atoms with Gasteiger partial charge in [-0.05, 0) is 19.3 Å². The average molecular weight is 211 g/mol. The largest absolute Gasteiger partial charge is 0.378 e. The van der Waals surface area contributed by atoms with Gasteiger partial charge in [-0.3, -0.25) is 0 Å². The van der Waals surface area contributed by atoms with Gasteiger partial charge in [0, 0.05) is 13.0 Å². The van der Waals surface area contributed by atoms with Crippen molar-refractivity contribution in [3.8, 4) is 0 Å². The van der Waals surface area contributed by atoms with Gasteiger partial charge in [-0.1, -0.05) is 12.1 Å². The summed E-state index contributed by atoms with van der Waals surface area (Å²) in [5.41, 5.74) is 5.79. The van der Waals surface area contributed by atoms with Crippen molar-refractivity contribution >= 4 is 0 Å². The third-order valence-electron chi connectivity index (χ3n) is 2.68. The number of rotatable bonds is 4. The molecule has 0 spiro atoms. The Labute approximate surface area is 89.0 Å². The normalized spacial score (nSPS) is 23.2. The second-order valence-electron chi connectivity index (χ2n) is 3.90. The molecule has 0 bridgehead atoms. The second kappa shape index (κ2) is 4.72. The molecule has 1 aromatic rings. The minimum atomic E-state index is -0.143. The summed E-state index contributed by atoms with van der Waals surface area (Å²) < 4.78 is 10.6. The number of ether oxygens (including phenoxy) is 1. The SMILES string of the molecule is CC[C@@H](N)c1nc(CC2CCCO2)no1. The van der Waals surface area contributed by atoms with Crippen LogP contribution in [-0.4, -0.2) is 22.9 Å². The van der Waals surface area contributed by atoms with Crippen LogP contribution in [0.4, 0.5) is 0 Å². The topological polar surface area (TPSA) is 74.2 Å². The van der Waals surface area contributed by atoms with Crippen LogP contribution < -0.4 is 5.73 Å². The van der Waals surface area contributed by atoms with Gasteiger partial charge in [0.05, 0.1) is 12.1 Å². The molecule has 1 fully saturated rings. The Morgan fingerprint density at radius 1 is 1.60 bits per heavy atom. The first-order valence-corrected chi connectivity index (χ1v) is 5.49. The van der Waals surface area contributed by atoms with Crippen LogP contribution in [0.1, 0.15) is 43.9 Å². The summed E-state index contributed by atoms with van der Waals surface area (Å²) >= 11 is 0. The maximum absolute atomic E-state index is 5.79. The van der Waals surface area contributed by atoms with Crippen molar-refractivity contribution in [1.29, 1.82) is 0 Å². The molecule has 5 nitrogen and oxygen atoms in total. The van der Waals surface area contributed by atoms with E-state index in [1.54, 1.807) is 0 Å². The van der Waals surface area contributed by atoms with Crippen molar-refractivity contribution in [3.63, 3.8) is 0 Å². The van der Waals surface area contributed by atoms with Gasteiger partial charge >= 0.3 is 0 Å². The molecule has 2 rings (SSSR count). The second-order valence-corrected chi connectivity index (χ2v) is 3.90. The highest BCUT2D eigenvalue weighted by atomic mass is 16.5. The molecule has 1 aliphatic heterocycles. The lowest BCUT2D eigenvalue weighted by Crippen LogP contribution is -2.11. The molecule has 2 heterocycles. The quantitative estimate of drug-likeness (QED) is 0.810. The molecule has 0 saturated carbocycles. The maximum Gasteiger partial charge on any atom is 0.243 e. The summed E-state index contributed by atoms with van der Waals surface area (Å²) in [4.78, 5) is 4.26. The van der Waals surface area contributed by atoms with E-state index < -0.39 is 0 Å². The molecule has 1 aromatic heterocycles. The molecule has 84 valence electrons. The average Bonchev–Trinajstić information content (AvgIpc) is 2.88. The van der Waals surface area contributed by atoms with Gasteiger partial charge in [-0.15, -0.1) is 0 Å². The molecule has 2 N–H and O–H groups in total. The van der Waals surface area contributed by atoms with Crippen LogP contribution in [-0.2, 0) is 11.2 Å². The number of nitrogens with zero attached hydrogens (tertiary/aromatic N) is 2. The van der Waals surface area contributed by atoms with E-state index >= 15 is 0 Å². The van der Waals surface area contributed by atoms with Crippen molar-refractivity contribution in [2.45, 2.75) is 44.8 Å². The Bertz CT molecular complexity index is 307. The molecule has 15 heavy (non-hydrogen) atoms. The molecule has 0 amide bonds. The third kappa shape index (κ3) is 2.54. The van der Waals surface area contributed by atoms with E-state index in [0.717, 1.165) is 32.3 Å². The molecule has 1 saturated heterocycles. The van der Waals surface area contributed by atoms with E-state index in [2.05, 4.69) is 10.1 Å². The van der Waals surface area contributed by atoms with Gasteiger partial charge < -0.3 is 15.0 Å². The first kappa shape index (κ1) is 10.6. The fourth-order valence-corrected chi connectivity index (χ4v) is 1.68. The molecule has 2 atom stereocenters. The van der Waals surface area contributed by atoms with Crippen LogP contribution >= 0.6 is 0 Å². The first-order valence-electron chi connectivity index (χ1n) is 5.49. The molecular weight excluding hydrogens is 194 g/mol. The van der Waals surface area contributed by atoms with Crippen LogP contribution in [0.5, 0.6) is 0 Å². The van der Waals surface area contributed by atoms with Crippen molar-refractivity contribution < 1.29 is 9.26 Å². The summed E-state index contributed by atoms with van der Waals surface area (Å²) in [5, 5.41) is 3.90. The van der Waals surface area contributed by atoms with E-state index in [-0.39, 0.29) is 12.1 Å². The van der Waals surface area contributed by atoms with Gasteiger partial charge in [0.2, 0.25) is 5.89 Å². The molecule has 0 aliphatic carbocycles. The lowest BCUT2D eigenvalue weighted by molar-refractivity contribution is 0.109. The van der Waals surface area contributed by atoms with Gasteiger partial charge in [-0.25, -0.2) is 0 Å². The van der Waals surface area contributed by atoms with Crippen LogP contribution in [0.25, 0.3) is 0 Å². The minimum Gasteiger partial charge on any atom is -0.378 e.